The zero-order valence-electron chi connectivity index (χ0n) is 12.6. The Morgan fingerprint density at radius 3 is 2.35 bits per heavy atom. The minimum absolute atomic E-state index is 0.0417. The number of hydrogen-bond acceptors (Lipinski definition) is 2. The predicted molar refractivity (Wildman–Crippen MR) is 78.7 cm³/mol. The molecule has 5 heteroatoms. The number of hydrogen-bond donors (Lipinski definition) is 2. The summed E-state index contributed by atoms with van der Waals surface area (Å²) in [4.78, 5) is 24.5. The van der Waals surface area contributed by atoms with Crippen molar-refractivity contribution in [2.75, 3.05) is 19.6 Å². The number of likely N-dealkylation sites (tertiary alicyclic amines) is 1. The number of amides is 2. The molecule has 1 aliphatic rings. The van der Waals surface area contributed by atoms with Gasteiger partial charge in [-0.1, -0.05) is 26.2 Å². The molecule has 1 saturated heterocycles. The summed E-state index contributed by atoms with van der Waals surface area (Å²) in [5, 5.41) is 11.7. The maximum atomic E-state index is 12.0. The van der Waals surface area contributed by atoms with Crippen LogP contribution in [0.15, 0.2) is 0 Å². The second kappa shape index (κ2) is 9.61. The van der Waals surface area contributed by atoms with E-state index >= 15 is 0 Å². The highest BCUT2D eigenvalue weighted by molar-refractivity contribution is 5.74. The van der Waals surface area contributed by atoms with Gasteiger partial charge in [-0.3, -0.25) is 4.79 Å². The predicted octanol–water partition coefficient (Wildman–Crippen LogP) is 2.85. The summed E-state index contributed by atoms with van der Waals surface area (Å²) in [6, 6.07) is 0.0417. The zero-order chi connectivity index (χ0) is 14.8. The Morgan fingerprint density at radius 2 is 1.80 bits per heavy atom. The maximum Gasteiger partial charge on any atom is 0.317 e. The first-order valence-corrected chi connectivity index (χ1v) is 7.88. The quantitative estimate of drug-likeness (QED) is 0.755. The SMILES string of the molecule is CCC(CCNC(=O)N1CCCCCC1)CCC(=O)O. The molecule has 2 amide bonds. The molecule has 1 rings (SSSR count). The fourth-order valence-corrected chi connectivity index (χ4v) is 2.65. The molecule has 0 saturated carbocycles. The number of carboxylic acids is 1. The van der Waals surface area contributed by atoms with E-state index in [2.05, 4.69) is 12.2 Å². The highest BCUT2D eigenvalue weighted by atomic mass is 16.4. The lowest BCUT2D eigenvalue weighted by Gasteiger charge is -2.21. The molecule has 1 atom stereocenters. The molecule has 0 radical (unpaired) electrons. The van der Waals surface area contributed by atoms with E-state index in [1.807, 2.05) is 4.90 Å². The first-order valence-electron chi connectivity index (χ1n) is 7.88. The van der Waals surface area contributed by atoms with Gasteiger partial charge in [0.25, 0.3) is 0 Å². The molecular formula is C15H28N2O3. The van der Waals surface area contributed by atoms with Gasteiger partial charge in [0.1, 0.15) is 0 Å². The van der Waals surface area contributed by atoms with Crippen molar-refractivity contribution in [2.24, 2.45) is 5.92 Å². The third kappa shape index (κ3) is 6.78. The maximum absolute atomic E-state index is 12.0. The number of urea groups is 1. The van der Waals surface area contributed by atoms with E-state index in [0.29, 0.717) is 18.9 Å². The van der Waals surface area contributed by atoms with Gasteiger partial charge in [0.05, 0.1) is 0 Å². The van der Waals surface area contributed by atoms with E-state index in [9.17, 15) is 9.59 Å². The second-order valence-corrected chi connectivity index (χ2v) is 5.63. The summed E-state index contributed by atoms with van der Waals surface area (Å²) >= 11 is 0. The van der Waals surface area contributed by atoms with Gasteiger partial charge < -0.3 is 15.3 Å². The van der Waals surface area contributed by atoms with Crippen LogP contribution < -0.4 is 5.32 Å². The van der Waals surface area contributed by atoms with Crippen LogP contribution in [0.5, 0.6) is 0 Å². The van der Waals surface area contributed by atoms with Crippen molar-refractivity contribution in [3.63, 3.8) is 0 Å². The molecule has 1 unspecified atom stereocenters. The van der Waals surface area contributed by atoms with Crippen LogP contribution in [0, 0.1) is 5.92 Å². The standard InChI is InChI=1S/C15H28N2O3/c1-2-13(7-8-14(18)19)9-10-16-15(20)17-11-5-3-4-6-12-17/h13H,2-12H2,1H3,(H,16,20)(H,18,19). The third-order valence-electron chi connectivity index (χ3n) is 4.07. The number of carbonyl (C=O) groups is 2. The van der Waals surface area contributed by atoms with Crippen molar-refractivity contribution >= 4 is 12.0 Å². The van der Waals surface area contributed by atoms with Crippen LogP contribution in [0.4, 0.5) is 4.79 Å². The fraction of sp³-hybridized carbons (Fsp3) is 0.867. The average molecular weight is 284 g/mol. The molecule has 0 aromatic rings. The number of carbonyl (C=O) groups excluding carboxylic acids is 1. The van der Waals surface area contributed by atoms with Crippen molar-refractivity contribution < 1.29 is 14.7 Å². The van der Waals surface area contributed by atoms with Crippen LogP contribution in [0.1, 0.15) is 58.3 Å². The first-order chi connectivity index (χ1) is 9.63. The zero-order valence-corrected chi connectivity index (χ0v) is 12.6. The van der Waals surface area contributed by atoms with Crippen LogP contribution >= 0.6 is 0 Å². The minimum atomic E-state index is -0.739. The van der Waals surface area contributed by atoms with Crippen LogP contribution in [0.25, 0.3) is 0 Å². The van der Waals surface area contributed by atoms with Crippen LogP contribution in [-0.4, -0.2) is 41.6 Å². The highest BCUT2D eigenvalue weighted by Gasteiger charge is 2.15. The first kappa shape index (κ1) is 16.8. The van der Waals surface area contributed by atoms with E-state index in [1.54, 1.807) is 0 Å². The molecular weight excluding hydrogens is 256 g/mol. The van der Waals surface area contributed by atoms with E-state index in [-0.39, 0.29) is 12.5 Å². The molecule has 2 N–H and O–H groups in total. The molecule has 0 aromatic carbocycles. The third-order valence-corrected chi connectivity index (χ3v) is 4.07. The lowest BCUT2D eigenvalue weighted by atomic mass is 9.97. The normalized spacial score (nSPS) is 17.4. The van der Waals surface area contributed by atoms with E-state index < -0.39 is 5.97 Å². The van der Waals surface area contributed by atoms with Crippen molar-refractivity contribution in [3.05, 3.63) is 0 Å². The topological polar surface area (TPSA) is 69.6 Å². The van der Waals surface area contributed by atoms with Crippen molar-refractivity contribution in [2.45, 2.75) is 58.3 Å². The van der Waals surface area contributed by atoms with Gasteiger partial charge in [-0.15, -0.1) is 0 Å². The van der Waals surface area contributed by atoms with Crippen molar-refractivity contribution in [3.8, 4) is 0 Å². The number of aliphatic carboxylic acids is 1. The summed E-state index contributed by atoms with van der Waals surface area (Å²) in [5.41, 5.74) is 0. The van der Waals surface area contributed by atoms with Crippen LogP contribution in [0.2, 0.25) is 0 Å². The monoisotopic (exact) mass is 284 g/mol. The molecule has 0 aromatic heterocycles. The molecule has 0 bridgehead atoms. The molecule has 0 aliphatic carbocycles. The molecule has 5 nitrogen and oxygen atoms in total. The van der Waals surface area contributed by atoms with Gasteiger partial charge in [0.2, 0.25) is 0 Å². The van der Waals surface area contributed by atoms with Gasteiger partial charge in [-0.25, -0.2) is 4.79 Å². The number of nitrogens with one attached hydrogen (secondary N) is 1. The fourth-order valence-electron chi connectivity index (χ4n) is 2.65. The average Bonchev–Trinajstić information content (AvgIpc) is 2.71. The van der Waals surface area contributed by atoms with Crippen LogP contribution in [-0.2, 0) is 4.79 Å². The summed E-state index contributed by atoms with van der Waals surface area (Å²) in [7, 11) is 0. The Hall–Kier alpha value is -1.26. The Bertz CT molecular complexity index is 299. The highest BCUT2D eigenvalue weighted by Crippen LogP contribution is 2.15. The molecule has 116 valence electrons. The number of nitrogens with zero attached hydrogens (tertiary/aromatic N) is 1. The van der Waals surface area contributed by atoms with E-state index in [1.165, 1.54) is 12.8 Å². The molecule has 20 heavy (non-hydrogen) atoms. The number of rotatable bonds is 7. The van der Waals surface area contributed by atoms with Crippen molar-refractivity contribution in [1.82, 2.24) is 10.2 Å². The van der Waals surface area contributed by atoms with Gasteiger partial charge in [-0.2, -0.15) is 0 Å². The number of carboxylic acid groups (broad SMARTS) is 1. The molecule has 1 fully saturated rings. The van der Waals surface area contributed by atoms with Gasteiger partial charge in [-0.05, 0) is 31.6 Å². The van der Waals surface area contributed by atoms with Crippen molar-refractivity contribution in [1.29, 1.82) is 0 Å². The lowest BCUT2D eigenvalue weighted by Crippen LogP contribution is -2.41. The van der Waals surface area contributed by atoms with Gasteiger partial charge in [0.15, 0.2) is 0 Å². The van der Waals surface area contributed by atoms with E-state index in [4.69, 9.17) is 5.11 Å². The summed E-state index contributed by atoms with van der Waals surface area (Å²) in [6.07, 6.45) is 7.39. The minimum Gasteiger partial charge on any atom is -0.481 e. The van der Waals surface area contributed by atoms with E-state index in [0.717, 1.165) is 38.8 Å². The largest absolute Gasteiger partial charge is 0.481 e. The molecule has 0 spiro atoms. The molecule has 1 heterocycles. The van der Waals surface area contributed by atoms with Crippen LogP contribution in [0.3, 0.4) is 0 Å². The smallest absolute Gasteiger partial charge is 0.317 e. The lowest BCUT2D eigenvalue weighted by molar-refractivity contribution is -0.137. The molecule has 1 aliphatic heterocycles. The summed E-state index contributed by atoms with van der Waals surface area (Å²) < 4.78 is 0. The Balaban J connectivity index is 2.20. The summed E-state index contributed by atoms with van der Waals surface area (Å²) in [6.45, 7) is 4.45. The van der Waals surface area contributed by atoms with Gasteiger partial charge >= 0.3 is 12.0 Å². The van der Waals surface area contributed by atoms with Gasteiger partial charge in [0, 0.05) is 26.1 Å². The summed E-state index contributed by atoms with van der Waals surface area (Å²) in [5.74, 6) is -0.354. The Labute approximate surface area is 121 Å². The second-order valence-electron chi connectivity index (χ2n) is 5.63. The Kier molecular flexibility index (Phi) is 8.07. The Morgan fingerprint density at radius 1 is 1.15 bits per heavy atom.